The summed E-state index contributed by atoms with van der Waals surface area (Å²) >= 11 is 0. The van der Waals surface area contributed by atoms with Gasteiger partial charge < -0.3 is 20.6 Å². The number of carboxylic acid groups (broad SMARTS) is 1. The zero-order valence-corrected chi connectivity index (χ0v) is 20.3. The van der Waals surface area contributed by atoms with Crippen molar-refractivity contribution in [2.75, 3.05) is 19.6 Å². The van der Waals surface area contributed by atoms with Crippen LogP contribution in [0.25, 0.3) is 0 Å². The van der Waals surface area contributed by atoms with Crippen LogP contribution in [0.3, 0.4) is 0 Å². The molecule has 186 valence electrons. The van der Waals surface area contributed by atoms with Crippen molar-refractivity contribution in [3.63, 3.8) is 0 Å². The van der Waals surface area contributed by atoms with Crippen LogP contribution in [-0.4, -0.2) is 64.5 Å². The molecular formula is C26H32N4O5. The number of hydrogen-bond acceptors (Lipinski definition) is 4. The summed E-state index contributed by atoms with van der Waals surface area (Å²) in [5, 5.41) is 15.0. The van der Waals surface area contributed by atoms with Crippen molar-refractivity contribution in [3.8, 4) is 0 Å². The van der Waals surface area contributed by atoms with E-state index in [0.29, 0.717) is 24.1 Å². The Morgan fingerprint density at radius 2 is 1.69 bits per heavy atom. The third-order valence-electron chi connectivity index (χ3n) is 5.91. The van der Waals surface area contributed by atoms with Crippen molar-refractivity contribution >= 4 is 23.8 Å². The molecule has 9 nitrogen and oxygen atoms in total. The standard InChI is InChI=1S/C26H32N4O5/c1-4-27-26(35)30-14-6-13-29(25(34)19-11-9-17(2)10-12-19)24(30)23(33)28-21(16-22(31)32)20-8-5-7-18(3)15-20/h5,7-12,15,21,24H,4,6,13-14,16H2,1-3H3,(H,27,35)(H,28,33)(H,31,32). The van der Waals surface area contributed by atoms with Crippen LogP contribution in [0.4, 0.5) is 4.79 Å². The van der Waals surface area contributed by atoms with Gasteiger partial charge in [0.25, 0.3) is 11.8 Å². The van der Waals surface area contributed by atoms with E-state index in [0.717, 1.165) is 11.1 Å². The minimum atomic E-state index is -1.22. The molecule has 1 fully saturated rings. The first-order chi connectivity index (χ1) is 16.7. The number of aliphatic carboxylic acids is 1. The third kappa shape index (κ3) is 6.38. The maximum absolute atomic E-state index is 13.6. The first-order valence-corrected chi connectivity index (χ1v) is 11.7. The topological polar surface area (TPSA) is 119 Å². The van der Waals surface area contributed by atoms with Gasteiger partial charge in [-0.05, 0) is 44.9 Å². The lowest BCUT2D eigenvalue weighted by molar-refractivity contribution is -0.138. The second-order valence-corrected chi connectivity index (χ2v) is 8.69. The molecule has 1 aliphatic heterocycles. The molecule has 9 heteroatoms. The molecule has 0 saturated carbocycles. The first-order valence-electron chi connectivity index (χ1n) is 11.7. The molecule has 0 aliphatic carbocycles. The normalized spacial score (nSPS) is 16.4. The van der Waals surface area contributed by atoms with E-state index in [4.69, 9.17) is 0 Å². The number of nitrogens with one attached hydrogen (secondary N) is 2. The van der Waals surface area contributed by atoms with Crippen molar-refractivity contribution in [2.45, 2.75) is 45.8 Å². The largest absolute Gasteiger partial charge is 0.481 e. The fourth-order valence-electron chi connectivity index (χ4n) is 4.21. The van der Waals surface area contributed by atoms with Gasteiger partial charge in [0.2, 0.25) is 0 Å². The molecule has 35 heavy (non-hydrogen) atoms. The van der Waals surface area contributed by atoms with Gasteiger partial charge in [-0.2, -0.15) is 0 Å². The molecule has 4 amide bonds. The zero-order valence-electron chi connectivity index (χ0n) is 20.3. The van der Waals surface area contributed by atoms with Gasteiger partial charge in [0, 0.05) is 25.2 Å². The van der Waals surface area contributed by atoms with E-state index >= 15 is 0 Å². The van der Waals surface area contributed by atoms with E-state index < -0.39 is 30.1 Å². The van der Waals surface area contributed by atoms with Crippen LogP contribution in [0.2, 0.25) is 0 Å². The lowest BCUT2D eigenvalue weighted by atomic mass is 10.0. The summed E-state index contributed by atoms with van der Waals surface area (Å²) in [6.07, 6.45) is -1.05. The van der Waals surface area contributed by atoms with Gasteiger partial charge in [-0.1, -0.05) is 47.5 Å². The number of benzene rings is 2. The SMILES string of the molecule is CCNC(=O)N1CCCN(C(=O)c2ccc(C)cc2)C1C(=O)NC(CC(=O)O)c1cccc(C)c1. The lowest BCUT2D eigenvalue weighted by Gasteiger charge is -2.43. The summed E-state index contributed by atoms with van der Waals surface area (Å²) in [6, 6.07) is 13.0. The summed E-state index contributed by atoms with van der Waals surface area (Å²) in [5.74, 6) is -2.05. The number of nitrogens with zero attached hydrogens (tertiary/aromatic N) is 2. The van der Waals surface area contributed by atoms with Crippen molar-refractivity contribution in [1.82, 2.24) is 20.4 Å². The van der Waals surface area contributed by atoms with Gasteiger partial charge in [-0.25, -0.2) is 4.79 Å². The summed E-state index contributed by atoms with van der Waals surface area (Å²) in [7, 11) is 0. The highest BCUT2D eigenvalue weighted by atomic mass is 16.4. The second-order valence-electron chi connectivity index (χ2n) is 8.69. The molecule has 1 aliphatic rings. The van der Waals surface area contributed by atoms with Crippen molar-refractivity contribution < 1.29 is 24.3 Å². The number of carboxylic acids is 1. The molecule has 0 bridgehead atoms. The molecule has 0 spiro atoms. The van der Waals surface area contributed by atoms with Crippen molar-refractivity contribution in [3.05, 3.63) is 70.8 Å². The lowest BCUT2D eigenvalue weighted by Crippen LogP contribution is -2.65. The van der Waals surface area contributed by atoms with Gasteiger partial charge in [-0.3, -0.25) is 19.3 Å². The average Bonchev–Trinajstić information content (AvgIpc) is 2.83. The number of carbonyl (C=O) groups is 4. The Morgan fingerprint density at radius 3 is 2.31 bits per heavy atom. The summed E-state index contributed by atoms with van der Waals surface area (Å²) in [5.41, 5.74) is 2.96. The summed E-state index contributed by atoms with van der Waals surface area (Å²) in [4.78, 5) is 54.2. The van der Waals surface area contributed by atoms with Crippen LogP contribution >= 0.6 is 0 Å². The van der Waals surface area contributed by atoms with Crippen LogP contribution in [0.5, 0.6) is 0 Å². The fraction of sp³-hybridized carbons (Fsp3) is 0.385. The Hall–Kier alpha value is -3.88. The minimum Gasteiger partial charge on any atom is -0.481 e. The zero-order chi connectivity index (χ0) is 25.5. The number of rotatable bonds is 7. The number of amides is 4. The van der Waals surface area contributed by atoms with Crippen LogP contribution in [-0.2, 0) is 9.59 Å². The smallest absolute Gasteiger partial charge is 0.319 e. The van der Waals surface area contributed by atoms with Gasteiger partial charge in [0.05, 0.1) is 12.5 Å². The summed E-state index contributed by atoms with van der Waals surface area (Å²) < 4.78 is 0. The molecule has 2 atom stereocenters. The van der Waals surface area contributed by atoms with E-state index in [1.54, 1.807) is 31.2 Å². The Kier molecular flexibility index (Phi) is 8.46. The Morgan fingerprint density at radius 1 is 1.00 bits per heavy atom. The molecule has 2 aromatic rings. The van der Waals surface area contributed by atoms with E-state index in [1.165, 1.54) is 9.80 Å². The second kappa shape index (κ2) is 11.5. The highest BCUT2D eigenvalue weighted by molar-refractivity contribution is 5.99. The Bertz CT molecular complexity index is 1090. The third-order valence-corrected chi connectivity index (χ3v) is 5.91. The van der Waals surface area contributed by atoms with E-state index in [1.807, 2.05) is 38.1 Å². The molecule has 1 saturated heterocycles. The quantitative estimate of drug-likeness (QED) is 0.563. The van der Waals surface area contributed by atoms with E-state index in [-0.39, 0.29) is 25.4 Å². The molecule has 3 rings (SSSR count). The summed E-state index contributed by atoms with van der Waals surface area (Å²) in [6.45, 7) is 6.50. The highest BCUT2D eigenvalue weighted by Gasteiger charge is 2.41. The van der Waals surface area contributed by atoms with Crippen LogP contribution in [0.1, 0.15) is 52.9 Å². The molecule has 2 aromatic carbocycles. The predicted molar refractivity (Wildman–Crippen MR) is 131 cm³/mol. The molecule has 0 radical (unpaired) electrons. The van der Waals surface area contributed by atoms with Gasteiger partial charge in [0.15, 0.2) is 6.17 Å². The maximum Gasteiger partial charge on any atom is 0.319 e. The Balaban J connectivity index is 1.95. The van der Waals surface area contributed by atoms with Crippen LogP contribution in [0.15, 0.2) is 48.5 Å². The molecule has 3 N–H and O–H groups in total. The monoisotopic (exact) mass is 480 g/mol. The van der Waals surface area contributed by atoms with E-state index in [2.05, 4.69) is 10.6 Å². The first kappa shape index (κ1) is 25.7. The maximum atomic E-state index is 13.6. The molecular weight excluding hydrogens is 448 g/mol. The van der Waals surface area contributed by atoms with Gasteiger partial charge >= 0.3 is 12.0 Å². The molecule has 0 aromatic heterocycles. The van der Waals surface area contributed by atoms with Crippen LogP contribution in [0, 0.1) is 13.8 Å². The number of aryl methyl sites for hydroxylation is 2. The van der Waals surface area contributed by atoms with Gasteiger partial charge in [-0.15, -0.1) is 0 Å². The van der Waals surface area contributed by atoms with Gasteiger partial charge in [0.1, 0.15) is 0 Å². The van der Waals surface area contributed by atoms with Crippen molar-refractivity contribution in [2.24, 2.45) is 0 Å². The van der Waals surface area contributed by atoms with Crippen LogP contribution < -0.4 is 10.6 Å². The number of hydrogen-bond donors (Lipinski definition) is 3. The Labute approximate surface area is 205 Å². The molecule has 2 unspecified atom stereocenters. The minimum absolute atomic E-state index is 0.286. The highest BCUT2D eigenvalue weighted by Crippen LogP contribution is 2.23. The number of carbonyl (C=O) groups excluding carboxylic acids is 3. The molecule has 1 heterocycles. The fourth-order valence-corrected chi connectivity index (χ4v) is 4.21. The predicted octanol–water partition coefficient (Wildman–Crippen LogP) is 2.84. The van der Waals surface area contributed by atoms with E-state index in [9.17, 15) is 24.3 Å². The average molecular weight is 481 g/mol. The van der Waals surface area contributed by atoms with Crippen molar-refractivity contribution in [1.29, 1.82) is 0 Å². The number of urea groups is 1.